The number of piperidine rings is 1. The van der Waals surface area contributed by atoms with E-state index in [4.69, 9.17) is 18.0 Å². The van der Waals surface area contributed by atoms with E-state index in [9.17, 15) is 0 Å². The molecule has 1 aromatic rings. The van der Waals surface area contributed by atoms with Crippen molar-refractivity contribution >= 4 is 17.2 Å². The van der Waals surface area contributed by atoms with Crippen LogP contribution in [0.4, 0.5) is 0 Å². The normalized spacial score (nSPS) is 20.0. The first-order valence-electron chi connectivity index (χ1n) is 5.30. The summed E-state index contributed by atoms with van der Waals surface area (Å²) in [7, 11) is 0. The summed E-state index contributed by atoms with van der Waals surface area (Å²) in [6.07, 6.45) is 7.24. The zero-order chi connectivity index (χ0) is 10.7. The Hall–Kier alpha value is -0.940. The second-order valence-electron chi connectivity index (χ2n) is 3.91. The van der Waals surface area contributed by atoms with Gasteiger partial charge in [0.25, 0.3) is 0 Å². The Bertz CT molecular complexity index is 316. The van der Waals surface area contributed by atoms with Crippen LogP contribution in [0.3, 0.4) is 0 Å². The number of hydrogen-bond acceptors (Lipinski definition) is 3. The second kappa shape index (κ2) is 4.72. The molecule has 1 aromatic heterocycles. The number of nitrogens with one attached hydrogen (secondary N) is 1. The van der Waals surface area contributed by atoms with Crippen molar-refractivity contribution in [3.05, 3.63) is 18.2 Å². The fourth-order valence-electron chi connectivity index (χ4n) is 2.12. The van der Waals surface area contributed by atoms with Crippen LogP contribution in [-0.2, 0) is 0 Å². The Kier molecular flexibility index (Phi) is 3.33. The molecular formula is C10H16N4S. The predicted octanol–water partition coefficient (Wildman–Crippen LogP) is 1.22. The lowest BCUT2D eigenvalue weighted by Gasteiger charge is -2.33. The van der Waals surface area contributed by atoms with E-state index in [0.29, 0.717) is 4.99 Å². The van der Waals surface area contributed by atoms with Crippen LogP contribution in [-0.4, -0.2) is 32.9 Å². The maximum atomic E-state index is 5.80. The third kappa shape index (κ3) is 2.35. The summed E-state index contributed by atoms with van der Waals surface area (Å²) >= 11 is 5.13. The molecule has 82 valence electrons. The highest BCUT2D eigenvalue weighted by molar-refractivity contribution is 7.80. The van der Waals surface area contributed by atoms with Crippen LogP contribution in [0.15, 0.2) is 12.5 Å². The van der Waals surface area contributed by atoms with Crippen LogP contribution in [0.2, 0.25) is 0 Å². The molecule has 0 aromatic carbocycles. The molecule has 0 bridgehead atoms. The molecule has 0 radical (unpaired) electrons. The van der Waals surface area contributed by atoms with Crippen molar-refractivity contribution in [2.75, 3.05) is 13.1 Å². The number of imidazole rings is 1. The van der Waals surface area contributed by atoms with E-state index in [0.717, 1.165) is 18.8 Å². The molecule has 0 saturated carbocycles. The minimum atomic E-state index is 0.0304. The number of thiocarbonyl (C=S) groups is 1. The summed E-state index contributed by atoms with van der Waals surface area (Å²) in [5.41, 5.74) is 6.80. The minimum Gasteiger partial charge on any atom is -0.392 e. The van der Waals surface area contributed by atoms with Gasteiger partial charge in [0, 0.05) is 6.20 Å². The third-order valence-corrected chi connectivity index (χ3v) is 3.06. The van der Waals surface area contributed by atoms with E-state index >= 15 is 0 Å². The zero-order valence-electron chi connectivity index (χ0n) is 8.65. The lowest BCUT2D eigenvalue weighted by molar-refractivity contribution is 0.201. The first-order valence-corrected chi connectivity index (χ1v) is 5.71. The predicted molar refractivity (Wildman–Crippen MR) is 63.5 cm³/mol. The molecule has 1 unspecified atom stereocenters. The van der Waals surface area contributed by atoms with Gasteiger partial charge in [-0.15, -0.1) is 0 Å². The Morgan fingerprint density at radius 3 is 2.73 bits per heavy atom. The van der Waals surface area contributed by atoms with Gasteiger partial charge in [0.05, 0.1) is 17.0 Å². The maximum Gasteiger partial charge on any atom is 0.102 e. The third-order valence-electron chi connectivity index (χ3n) is 2.84. The molecule has 0 aliphatic carbocycles. The summed E-state index contributed by atoms with van der Waals surface area (Å²) in [4.78, 5) is 9.98. The first kappa shape index (κ1) is 10.6. The van der Waals surface area contributed by atoms with Crippen LogP contribution in [0.1, 0.15) is 31.0 Å². The smallest absolute Gasteiger partial charge is 0.102 e. The number of aromatic nitrogens is 2. The Morgan fingerprint density at radius 2 is 2.20 bits per heavy atom. The molecule has 5 heteroatoms. The number of aromatic amines is 1. The first-order chi connectivity index (χ1) is 7.29. The average Bonchev–Trinajstić information content (AvgIpc) is 2.72. The van der Waals surface area contributed by atoms with Crippen molar-refractivity contribution in [1.82, 2.24) is 14.9 Å². The second-order valence-corrected chi connectivity index (χ2v) is 4.38. The van der Waals surface area contributed by atoms with Crippen molar-refractivity contribution < 1.29 is 0 Å². The summed E-state index contributed by atoms with van der Waals surface area (Å²) in [6.45, 7) is 2.14. The van der Waals surface area contributed by atoms with Gasteiger partial charge in [0.2, 0.25) is 0 Å². The summed E-state index contributed by atoms with van der Waals surface area (Å²) < 4.78 is 0. The minimum absolute atomic E-state index is 0.0304. The van der Waals surface area contributed by atoms with Crippen molar-refractivity contribution in [2.45, 2.75) is 25.3 Å². The fraction of sp³-hybridized carbons (Fsp3) is 0.600. The fourth-order valence-corrected chi connectivity index (χ4v) is 2.40. The SMILES string of the molecule is NC(=S)C(c1cnc[nH]1)N1CCCCC1. The molecule has 1 aliphatic heterocycles. The number of nitrogens with zero attached hydrogens (tertiary/aromatic N) is 2. The van der Waals surface area contributed by atoms with Crippen molar-refractivity contribution in [1.29, 1.82) is 0 Å². The van der Waals surface area contributed by atoms with E-state index < -0.39 is 0 Å². The van der Waals surface area contributed by atoms with Gasteiger partial charge in [-0.25, -0.2) is 4.98 Å². The number of likely N-dealkylation sites (tertiary alicyclic amines) is 1. The van der Waals surface area contributed by atoms with E-state index in [1.54, 1.807) is 12.5 Å². The summed E-state index contributed by atoms with van der Waals surface area (Å²) in [5.74, 6) is 0. The maximum absolute atomic E-state index is 5.80. The molecule has 0 spiro atoms. The Morgan fingerprint density at radius 1 is 1.47 bits per heavy atom. The number of rotatable bonds is 3. The highest BCUT2D eigenvalue weighted by Gasteiger charge is 2.25. The van der Waals surface area contributed by atoms with Gasteiger partial charge in [0.15, 0.2) is 0 Å². The van der Waals surface area contributed by atoms with E-state index in [1.165, 1.54) is 19.3 Å². The zero-order valence-corrected chi connectivity index (χ0v) is 9.46. The van der Waals surface area contributed by atoms with E-state index in [1.807, 2.05) is 0 Å². The topological polar surface area (TPSA) is 57.9 Å². The Labute approximate surface area is 94.9 Å². The lowest BCUT2D eigenvalue weighted by Crippen LogP contribution is -2.40. The van der Waals surface area contributed by atoms with E-state index in [2.05, 4.69) is 14.9 Å². The van der Waals surface area contributed by atoms with Gasteiger partial charge >= 0.3 is 0 Å². The van der Waals surface area contributed by atoms with Gasteiger partial charge in [-0.3, -0.25) is 4.90 Å². The quantitative estimate of drug-likeness (QED) is 0.758. The van der Waals surface area contributed by atoms with Crippen LogP contribution < -0.4 is 5.73 Å². The molecule has 4 nitrogen and oxygen atoms in total. The molecular weight excluding hydrogens is 208 g/mol. The largest absolute Gasteiger partial charge is 0.392 e. The van der Waals surface area contributed by atoms with Gasteiger partial charge in [-0.1, -0.05) is 18.6 Å². The van der Waals surface area contributed by atoms with Crippen LogP contribution in [0.25, 0.3) is 0 Å². The summed E-state index contributed by atoms with van der Waals surface area (Å²) in [6, 6.07) is 0.0304. The molecule has 1 saturated heterocycles. The average molecular weight is 224 g/mol. The Balaban J connectivity index is 2.15. The molecule has 0 amide bonds. The molecule has 15 heavy (non-hydrogen) atoms. The summed E-state index contributed by atoms with van der Waals surface area (Å²) in [5, 5.41) is 0. The monoisotopic (exact) mass is 224 g/mol. The molecule has 2 heterocycles. The highest BCUT2D eigenvalue weighted by Crippen LogP contribution is 2.23. The highest BCUT2D eigenvalue weighted by atomic mass is 32.1. The van der Waals surface area contributed by atoms with Gasteiger partial charge in [0.1, 0.15) is 6.04 Å². The molecule has 2 rings (SSSR count). The van der Waals surface area contributed by atoms with E-state index in [-0.39, 0.29) is 6.04 Å². The number of hydrogen-bond donors (Lipinski definition) is 2. The van der Waals surface area contributed by atoms with Crippen LogP contribution in [0.5, 0.6) is 0 Å². The van der Waals surface area contributed by atoms with Gasteiger partial charge in [-0.2, -0.15) is 0 Å². The van der Waals surface area contributed by atoms with Gasteiger partial charge < -0.3 is 10.7 Å². The van der Waals surface area contributed by atoms with Crippen molar-refractivity contribution in [2.24, 2.45) is 5.73 Å². The molecule has 3 N–H and O–H groups in total. The molecule has 1 aliphatic rings. The standard InChI is InChI=1S/C10H16N4S/c11-10(15)9(8-6-12-7-13-8)14-4-2-1-3-5-14/h6-7,9H,1-5H2,(H2,11,15)(H,12,13). The van der Waals surface area contributed by atoms with Crippen molar-refractivity contribution in [3.63, 3.8) is 0 Å². The molecule has 1 atom stereocenters. The van der Waals surface area contributed by atoms with Crippen molar-refractivity contribution in [3.8, 4) is 0 Å². The van der Waals surface area contributed by atoms with Gasteiger partial charge in [-0.05, 0) is 25.9 Å². The number of H-pyrrole nitrogens is 1. The lowest BCUT2D eigenvalue weighted by atomic mass is 10.1. The number of nitrogens with two attached hydrogens (primary N) is 1. The van der Waals surface area contributed by atoms with Crippen LogP contribution in [0, 0.1) is 0 Å². The molecule has 1 fully saturated rings. The van der Waals surface area contributed by atoms with Crippen LogP contribution >= 0.6 is 12.2 Å².